The van der Waals surface area contributed by atoms with Gasteiger partial charge in [-0.15, -0.1) is 0 Å². The third-order valence-corrected chi connectivity index (χ3v) is 3.87. The third kappa shape index (κ3) is 5.51. The molecular formula is C20H24N2O4. The summed E-state index contributed by atoms with van der Waals surface area (Å²) in [4.78, 5) is 24.1. The van der Waals surface area contributed by atoms with E-state index in [9.17, 15) is 9.59 Å². The molecule has 0 aliphatic rings. The number of methoxy groups -OCH3 is 1. The van der Waals surface area contributed by atoms with Gasteiger partial charge in [-0.25, -0.2) is 0 Å². The largest absolute Gasteiger partial charge is 0.497 e. The number of carbonyl (C=O) groups excluding carboxylic acids is 2. The Morgan fingerprint density at radius 3 is 2.38 bits per heavy atom. The van der Waals surface area contributed by atoms with E-state index in [2.05, 4.69) is 10.9 Å². The molecule has 6 nitrogen and oxygen atoms in total. The molecule has 0 aromatic heterocycles. The minimum atomic E-state index is -0.739. The van der Waals surface area contributed by atoms with Gasteiger partial charge < -0.3 is 9.47 Å². The maximum absolute atomic E-state index is 12.1. The molecule has 2 rings (SSSR count). The molecule has 0 saturated carbocycles. The van der Waals surface area contributed by atoms with Crippen molar-refractivity contribution < 1.29 is 19.1 Å². The zero-order valence-corrected chi connectivity index (χ0v) is 15.5. The first-order valence-electron chi connectivity index (χ1n) is 8.34. The lowest BCUT2D eigenvalue weighted by Crippen LogP contribution is -2.47. The Morgan fingerprint density at radius 1 is 1.04 bits per heavy atom. The van der Waals surface area contributed by atoms with E-state index in [1.54, 1.807) is 38.3 Å². The first-order valence-corrected chi connectivity index (χ1v) is 8.34. The number of aryl methyl sites for hydroxylation is 2. The summed E-state index contributed by atoms with van der Waals surface area (Å²) in [5.74, 6) is 0.633. The Hall–Kier alpha value is -3.02. The molecule has 0 aliphatic heterocycles. The predicted molar refractivity (Wildman–Crippen MR) is 99.0 cm³/mol. The molecular weight excluding hydrogens is 332 g/mol. The van der Waals surface area contributed by atoms with Crippen LogP contribution in [0.2, 0.25) is 0 Å². The number of hydrogen-bond acceptors (Lipinski definition) is 4. The average Bonchev–Trinajstić information content (AvgIpc) is 2.63. The molecule has 2 amide bonds. The Bertz CT molecular complexity index is 772. The Morgan fingerprint density at radius 2 is 1.73 bits per heavy atom. The van der Waals surface area contributed by atoms with E-state index in [1.807, 2.05) is 32.0 Å². The standard InChI is InChI=1S/C20H24N2O4/c1-13-5-6-14(2)18(11-13)26-15(3)20(24)22-21-19(23)12-16-7-9-17(25-4)10-8-16/h5-11,15H,12H2,1-4H3,(H,21,23)(H,22,24). The molecule has 2 aromatic rings. The number of nitrogens with one attached hydrogen (secondary N) is 2. The maximum Gasteiger partial charge on any atom is 0.279 e. The van der Waals surface area contributed by atoms with Crippen molar-refractivity contribution in [3.63, 3.8) is 0 Å². The minimum absolute atomic E-state index is 0.149. The maximum atomic E-state index is 12.1. The van der Waals surface area contributed by atoms with Crippen LogP contribution >= 0.6 is 0 Å². The summed E-state index contributed by atoms with van der Waals surface area (Å²) in [6, 6.07) is 12.9. The van der Waals surface area contributed by atoms with E-state index in [-0.39, 0.29) is 12.3 Å². The van der Waals surface area contributed by atoms with E-state index in [1.165, 1.54) is 0 Å². The Kier molecular flexibility index (Phi) is 6.60. The quantitative estimate of drug-likeness (QED) is 0.780. The second-order valence-corrected chi connectivity index (χ2v) is 6.09. The van der Waals surface area contributed by atoms with Crippen molar-refractivity contribution in [3.8, 4) is 11.5 Å². The SMILES string of the molecule is COc1ccc(CC(=O)NNC(=O)C(C)Oc2cc(C)ccc2C)cc1. The summed E-state index contributed by atoms with van der Waals surface area (Å²) >= 11 is 0. The lowest BCUT2D eigenvalue weighted by molar-refractivity contribution is -0.132. The number of hydrazine groups is 1. The molecule has 1 atom stereocenters. The van der Waals surface area contributed by atoms with Gasteiger partial charge in [-0.2, -0.15) is 0 Å². The highest BCUT2D eigenvalue weighted by Gasteiger charge is 2.16. The fourth-order valence-electron chi connectivity index (χ4n) is 2.28. The number of amides is 2. The van der Waals surface area contributed by atoms with Crippen LogP contribution < -0.4 is 20.3 Å². The summed E-state index contributed by atoms with van der Waals surface area (Å²) in [7, 11) is 1.58. The topological polar surface area (TPSA) is 76.7 Å². The molecule has 0 radical (unpaired) electrons. The third-order valence-electron chi connectivity index (χ3n) is 3.87. The highest BCUT2D eigenvalue weighted by atomic mass is 16.5. The van der Waals surface area contributed by atoms with Crippen LogP contribution in [0.5, 0.6) is 11.5 Å². The molecule has 1 unspecified atom stereocenters. The minimum Gasteiger partial charge on any atom is -0.497 e. The van der Waals surface area contributed by atoms with Crippen LogP contribution in [0.15, 0.2) is 42.5 Å². The van der Waals surface area contributed by atoms with Crippen molar-refractivity contribution in [3.05, 3.63) is 59.2 Å². The van der Waals surface area contributed by atoms with Gasteiger partial charge >= 0.3 is 0 Å². The summed E-state index contributed by atoms with van der Waals surface area (Å²) in [6.45, 7) is 5.50. The fourth-order valence-corrected chi connectivity index (χ4v) is 2.28. The average molecular weight is 356 g/mol. The normalized spacial score (nSPS) is 11.4. The number of rotatable bonds is 6. The number of hydrogen-bond donors (Lipinski definition) is 2. The highest BCUT2D eigenvalue weighted by molar-refractivity contribution is 5.85. The van der Waals surface area contributed by atoms with Gasteiger partial charge in [0.15, 0.2) is 6.10 Å². The number of benzene rings is 2. The summed E-state index contributed by atoms with van der Waals surface area (Å²) in [5.41, 5.74) is 7.60. The molecule has 0 heterocycles. The molecule has 6 heteroatoms. The summed E-state index contributed by atoms with van der Waals surface area (Å²) in [5, 5.41) is 0. The van der Waals surface area contributed by atoms with Crippen LogP contribution in [0.1, 0.15) is 23.6 Å². The molecule has 0 bridgehead atoms. The molecule has 2 aromatic carbocycles. The Labute approximate surface area is 153 Å². The van der Waals surface area contributed by atoms with Crippen LogP contribution in [-0.4, -0.2) is 25.0 Å². The first kappa shape index (κ1) is 19.3. The van der Waals surface area contributed by atoms with Crippen molar-refractivity contribution in [2.45, 2.75) is 33.3 Å². The molecule has 138 valence electrons. The Balaban J connectivity index is 1.82. The van der Waals surface area contributed by atoms with Crippen LogP contribution in [0.25, 0.3) is 0 Å². The van der Waals surface area contributed by atoms with Gasteiger partial charge in [0, 0.05) is 0 Å². The number of ether oxygens (including phenoxy) is 2. The highest BCUT2D eigenvalue weighted by Crippen LogP contribution is 2.20. The van der Waals surface area contributed by atoms with Crippen molar-refractivity contribution >= 4 is 11.8 Å². The molecule has 2 N–H and O–H groups in total. The first-order chi connectivity index (χ1) is 12.4. The van der Waals surface area contributed by atoms with E-state index in [4.69, 9.17) is 9.47 Å². The van der Waals surface area contributed by atoms with Gasteiger partial charge in [0.1, 0.15) is 11.5 Å². The van der Waals surface area contributed by atoms with Gasteiger partial charge in [-0.1, -0.05) is 24.3 Å². The second-order valence-electron chi connectivity index (χ2n) is 6.09. The van der Waals surface area contributed by atoms with E-state index in [0.29, 0.717) is 5.75 Å². The lowest BCUT2D eigenvalue weighted by Gasteiger charge is -2.17. The molecule has 0 aliphatic carbocycles. The fraction of sp³-hybridized carbons (Fsp3) is 0.300. The smallest absolute Gasteiger partial charge is 0.279 e. The van der Waals surface area contributed by atoms with Gasteiger partial charge in [-0.05, 0) is 55.7 Å². The number of carbonyl (C=O) groups is 2. The summed E-state index contributed by atoms with van der Waals surface area (Å²) < 4.78 is 10.8. The van der Waals surface area contributed by atoms with Crippen LogP contribution in [0, 0.1) is 13.8 Å². The molecule has 0 saturated heterocycles. The van der Waals surface area contributed by atoms with Crippen molar-refractivity contribution in [1.82, 2.24) is 10.9 Å². The monoisotopic (exact) mass is 356 g/mol. The van der Waals surface area contributed by atoms with Gasteiger partial charge in [0.25, 0.3) is 5.91 Å². The molecule has 0 fully saturated rings. The zero-order chi connectivity index (χ0) is 19.1. The second kappa shape index (κ2) is 8.89. The lowest BCUT2D eigenvalue weighted by atomic mass is 10.1. The van der Waals surface area contributed by atoms with Crippen molar-refractivity contribution in [2.24, 2.45) is 0 Å². The zero-order valence-electron chi connectivity index (χ0n) is 15.5. The van der Waals surface area contributed by atoms with E-state index in [0.717, 1.165) is 22.4 Å². The van der Waals surface area contributed by atoms with Crippen LogP contribution in [0.4, 0.5) is 0 Å². The summed E-state index contributed by atoms with van der Waals surface area (Å²) in [6.07, 6.45) is -0.590. The van der Waals surface area contributed by atoms with E-state index >= 15 is 0 Å². The van der Waals surface area contributed by atoms with Crippen molar-refractivity contribution in [2.75, 3.05) is 7.11 Å². The van der Waals surface area contributed by atoms with Crippen molar-refractivity contribution in [1.29, 1.82) is 0 Å². The molecule has 0 spiro atoms. The van der Waals surface area contributed by atoms with Gasteiger partial charge in [0.05, 0.1) is 13.5 Å². The predicted octanol–water partition coefficient (Wildman–Crippen LogP) is 2.47. The van der Waals surface area contributed by atoms with Crippen LogP contribution in [0.3, 0.4) is 0 Å². The molecule has 26 heavy (non-hydrogen) atoms. The van der Waals surface area contributed by atoms with Crippen LogP contribution in [-0.2, 0) is 16.0 Å². The van der Waals surface area contributed by atoms with E-state index < -0.39 is 12.0 Å². The van der Waals surface area contributed by atoms with Gasteiger partial charge in [0.2, 0.25) is 5.91 Å². The van der Waals surface area contributed by atoms with Gasteiger partial charge in [-0.3, -0.25) is 20.4 Å².